The molecule has 0 spiro atoms. The molecule has 2 aromatic rings. The Bertz CT molecular complexity index is 792. The molecule has 1 amide bonds. The SMILES string of the molecule is CCC(C)c1ccc(OCC(=O)N/N=C\c2cc(I)cc(I)c2O)cc1. The van der Waals surface area contributed by atoms with Crippen molar-refractivity contribution in [2.45, 2.75) is 26.2 Å². The Morgan fingerprint density at radius 3 is 2.65 bits per heavy atom. The summed E-state index contributed by atoms with van der Waals surface area (Å²) in [5.41, 5.74) is 4.19. The van der Waals surface area contributed by atoms with Crippen LogP contribution in [0.25, 0.3) is 0 Å². The van der Waals surface area contributed by atoms with Crippen molar-refractivity contribution in [2.75, 3.05) is 6.61 Å². The molecule has 0 aliphatic heterocycles. The zero-order valence-electron chi connectivity index (χ0n) is 14.5. The van der Waals surface area contributed by atoms with Crippen LogP contribution in [0.2, 0.25) is 0 Å². The molecule has 0 aliphatic rings. The molecule has 1 unspecified atom stereocenters. The van der Waals surface area contributed by atoms with Gasteiger partial charge in [0.15, 0.2) is 6.61 Å². The van der Waals surface area contributed by atoms with Crippen LogP contribution in [-0.2, 0) is 4.79 Å². The first-order valence-corrected chi connectivity index (χ1v) is 10.3. The smallest absolute Gasteiger partial charge is 0.277 e. The topological polar surface area (TPSA) is 70.9 Å². The number of phenols is 1. The number of benzene rings is 2. The monoisotopic (exact) mass is 578 g/mol. The van der Waals surface area contributed by atoms with Crippen LogP contribution in [0.4, 0.5) is 0 Å². The van der Waals surface area contributed by atoms with Gasteiger partial charge in [0.1, 0.15) is 11.5 Å². The number of hydrogen-bond donors (Lipinski definition) is 2. The number of carbonyl (C=O) groups is 1. The first-order valence-electron chi connectivity index (χ1n) is 8.13. The second kappa shape index (κ2) is 10.1. The number of hydrazone groups is 1. The zero-order valence-corrected chi connectivity index (χ0v) is 18.8. The first kappa shape index (κ1) is 20.9. The molecule has 2 N–H and O–H groups in total. The number of nitrogens with zero attached hydrogens (tertiary/aromatic N) is 1. The van der Waals surface area contributed by atoms with Crippen molar-refractivity contribution in [2.24, 2.45) is 5.10 Å². The highest BCUT2D eigenvalue weighted by Crippen LogP contribution is 2.25. The highest BCUT2D eigenvalue weighted by Gasteiger charge is 2.07. The van der Waals surface area contributed by atoms with Crippen molar-refractivity contribution in [3.8, 4) is 11.5 Å². The fourth-order valence-electron chi connectivity index (χ4n) is 2.17. The van der Waals surface area contributed by atoms with E-state index in [0.717, 1.165) is 13.6 Å². The Morgan fingerprint density at radius 1 is 1.31 bits per heavy atom. The second-order valence-electron chi connectivity index (χ2n) is 5.79. The molecule has 0 radical (unpaired) electrons. The fraction of sp³-hybridized carbons (Fsp3) is 0.263. The van der Waals surface area contributed by atoms with Crippen molar-refractivity contribution < 1.29 is 14.6 Å². The highest BCUT2D eigenvalue weighted by molar-refractivity contribution is 14.1. The van der Waals surface area contributed by atoms with Gasteiger partial charge < -0.3 is 9.84 Å². The molecule has 5 nitrogen and oxygen atoms in total. The van der Waals surface area contributed by atoms with Crippen LogP contribution in [0, 0.1) is 7.14 Å². The van der Waals surface area contributed by atoms with Crippen molar-refractivity contribution >= 4 is 57.3 Å². The summed E-state index contributed by atoms with van der Waals surface area (Å²) < 4.78 is 7.17. The molecule has 26 heavy (non-hydrogen) atoms. The average Bonchev–Trinajstić information content (AvgIpc) is 2.63. The van der Waals surface area contributed by atoms with Crippen LogP contribution in [0.1, 0.15) is 37.3 Å². The maximum Gasteiger partial charge on any atom is 0.277 e. The predicted molar refractivity (Wildman–Crippen MR) is 120 cm³/mol. The third kappa shape index (κ3) is 6.11. The van der Waals surface area contributed by atoms with Crippen LogP contribution in [0.5, 0.6) is 11.5 Å². The van der Waals surface area contributed by atoms with E-state index in [-0.39, 0.29) is 18.3 Å². The number of nitrogens with one attached hydrogen (secondary N) is 1. The summed E-state index contributed by atoms with van der Waals surface area (Å²) in [5, 5.41) is 13.9. The van der Waals surface area contributed by atoms with Gasteiger partial charge in [-0.25, -0.2) is 5.43 Å². The average molecular weight is 578 g/mol. The van der Waals surface area contributed by atoms with E-state index >= 15 is 0 Å². The second-order valence-corrected chi connectivity index (χ2v) is 8.19. The number of carbonyl (C=O) groups excluding carboxylic acids is 1. The summed E-state index contributed by atoms with van der Waals surface area (Å²) in [4.78, 5) is 11.8. The van der Waals surface area contributed by atoms with Crippen molar-refractivity contribution in [1.82, 2.24) is 5.43 Å². The largest absolute Gasteiger partial charge is 0.506 e. The van der Waals surface area contributed by atoms with Gasteiger partial charge in [0.25, 0.3) is 5.91 Å². The van der Waals surface area contributed by atoms with E-state index in [1.54, 1.807) is 6.07 Å². The molecule has 1 atom stereocenters. The number of phenolic OH excluding ortho intramolecular Hbond substituents is 1. The van der Waals surface area contributed by atoms with Gasteiger partial charge in [0, 0.05) is 9.13 Å². The molecular formula is C19H20I2N2O3. The Labute approximate surface area is 180 Å². The maximum absolute atomic E-state index is 11.8. The van der Waals surface area contributed by atoms with E-state index in [4.69, 9.17) is 4.74 Å². The molecule has 138 valence electrons. The Hall–Kier alpha value is -1.36. The number of ether oxygens (including phenoxy) is 1. The molecule has 2 rings (SSSR count). The number of halogens is 2. The van der Waals surface area contributed by atoms with Gasteiger partial charge in [0.2, 0.25) is 0 Å². The molecular weight excluding hydrogens is 558 g/mol. The predicted octanol–water partition coefficient (Wildman–Crippen LogP) is 4.64. The van der Waals surface area contributed by atoms with Gasteiger partial charge in [-0.15, -0.1) is 0 Å². The number of hydrogen-bond acceptors (Lipinski definition) is 4. The minimum Gasteiger partial charge on any atom is -0.506 e. The normalized spacial score (nSPS) is 12.2. The molecule has 0 heterocycles. The van der Waals surface area contributed by atoms with Gasteiger partial charge in [-0.3, -0.25) is 4.79 Å². The standard InChI is InChI=1S/C19H20I2N2O3/c1-3-12(2)13-4-6-16(7-5-13)26-11-18(24)23-22-10-14-8-15(20)9-17(21)19(14)25/h4-10,12,25H,3,11H2,1-2H3,(H,23,24)/b22-10-. The Kier molecular flexibility index (Phi) is 8.14. The molecule has 0 aromatic heterocycles. The summed E-state index contributed by atoms with van der Waals surface area (Å²) in [6.45, 7) is 4.20. The molecule has 0 aliphatic carbocycles. The van der Waals surface area contributed by atoms with Crippen LogP contribution >= 0.6 is 45.2 Å². The van der Waals surface area contributed by atoms with E-state index in [1.807, 2.05) is 52.9 Å². The summed E-state index contributed by atoms with van der Waals surface area (Å²) in [5.74, 6) is 0.914. The lowest BCUT2D eigenvalue weighted by molar-refractivity contribution is -0.123. The molecule has 0 saturated heterocycles. The van der Waals surface area contributed by atoms with Crippen LogP contribution in [-0.4, -0.2) is 23.8 Å². The van der Waals surface area contributed by atoms with E-state index in [9.17, 15) is 9.90 Å². The molecule has 0 fully saturated rings. The minimum absolute atomic E-state index is 0.129. The van der Waals surface area contributed by atoms with Crippen LogP contribution in [0.15, 0.2) is 41.5 Å². The Balaban J connectivity index is 1.86. The number of aromatic hydroxyl groups is 1. The van der Waals surface area contributed by atoms with Gasteiger partial charge in [-0.05, 0) is 87.3 Å². The molecule has 2 aromatic carbocycles. The minimum atomic E-state index is -0.368. The summed E-state index contributed by atoms with van der Waals surface area (Å²) in [6.07, 6.45) is 2.49. The van der Waals surface area contributed by atoms with E-state index in [0.29, 0.717) is 17.2 Å². The first-order chi connectivity index (χ1) is 12.4. The lowest BCUT2D eigenvalue weighted by Crippen LogP contribution is -2.24. The van der Waals surface area contributed by atoms with Crippen LogP contribution < -0.4 is 10.2 Å². The molecule has 0 saturated carbocycles. The highest BCUT2D eigenvalue weighted by atomic mass is 127. The van der Waals surface area contributed by atoms with Gasteiger partial charge in [-0.2, -0.15) is 5.10 Å². The number of amides is 1. The van der Waals surface area contributed by atoms with Crippen molar-refractivity contribution in [3.05, 3.63) is 54.7 Å². The quantitative estimate of drug-likeness (QED) is 0.286. The van der Waals surface area contributed by atoms with Crippen molar-refractivity contribution in [3.63, 3.8) is 0 Å². The fourth-order valence-corrected chi connectivity index (χ4v) is 4.06. The lowest BCUT2D eigenvalue weighted by atomic mass is 9.99. The maximum atomic E-state index is 11.8. The Morgan fingerprint density at radius 2 is 2.00 bits per heavy atom. The van der Waals surface area contributed by atoms with Gasteiger partial charge in [-0.1, -0.05) is 26.0 Å². The summed E-state index contributed by atoms with van der Waals surface area (Å²) in [6, 6.07) is 11.4. The summed E-state index contributed by atoms with van der Waals surface area (Å²) in [7, 11) is 0. The van der Waals surface area contributed by atoms with Crippen LogP contribution in [0.3, 0.4) is 0 Å². The molecule has 7 heteroatoms. The van der Waals surface area contributed by atoms with Gasteiger partial charge >= 0.3 is 0 Å². The third-order valence-electron chi connectivity index (χ3n) is 3.88. The van der Waals surface area contributed by atoms with E-state index in [2.05, 4.69) is 47.0 Å². The summed E-state index contributed by atoms with van der Waals surface area (Å²) >= 11 is 4.20. The van der Waals surface area contributed by atoms with Crippen molar-refractivity contribution in [1.29, 1.82) is 0 Å². The molecule has 0 bridgehead atoms. The van der Waals surface area contributed by atoms with E-state index < -0.39 is 0 Å². The zero-order chi connectivity index (χ0) is 19.1. The van der Waals surface area contributed by atoms with E-state index in [1.165, 1.54) is 11.8 Å². The van der Waals surface area contributed by atoms with Gasteiger partial charge in [0.05, 0.1) is 9.78 Å². The lowest BCUT2D eigenvalue weighted by Gasteiger charge is -2.10. The third-order valence-corrected chi connectivity index (χ3v) is 5.33. The number of rotatable bonds is 7.